The van der Waals surface area contributed by atoms with Gasteiger partial charge in [0, 0.05) is 18.4 Å². The Morgan fingerprint density at radius 1 is 1.54 bits per heavy atom. The predicted molar refractivity (Wildman–Crippen MR) is 54.0 cm³/mol. The third-order valence-electron chi connectivity index (χ3n) is 1.63. The highest BCUT2D eigenvalue weighted by molar-refractivity contribution is 5.56. The molecule has 3 heteroatoms. The van der Waals surface area contributed by atoms with Crippen molar-refractivity contribution in [1.29, 1.82) is 0 Å². The Morgan fingerprint density at radius 3 is 2.92 bits per heavy atom. The summed E-state index contributed by atoms with van der Waals surface area (Å²) in [5.74, 6) is 0. The molecule has 3 nitrogen and oxygen atoms in total. The molecule has 0 fully saturated rings. The summed E-state index contributed by atoms with van der Waals surface area (Å²) in [6.07, 6.45) is 7.08. The molecule has 1 aromatic rings. The van der Waals surface area contributed by atoms with Crippen LogP contribution in [0.15, 0.2) is 18.2 Å². The van der Waals surface area contributed by atoms with Crippen LogP contribution in [0.2, 0.25) is 0 Å². The van der Waals surface area contributed by atoms with E-state index in [1.165, 1.54) is 0 Å². The topological polar surface area (TPSA) is 47.3 Å². The molecular weight excluding hydrogens is 164 g/mol. The van der Waals surface area contributed by atoms with Crippen LogP contribution in [0.5, 0.6) is 0 Å². The molecule has 13 heavy (non-hydrogen) atoms. The zero-order valence-electron chi connectivity index (χ0n) is 7.50. The van der Waals surface area contributed by atoms with Crippen molar-refractivity contribution in [3.63, 3.8) is 0 Å². The van der Waals surface area contributed by atoms with E-state index in [-0.39, 0.29) is 0 Å². The second-order valence-corrected chi connectivity index (χ2v) is 2.62. The highest BCUT2D eigenvalue weighted by atomic mass is 16.5. The first-order valence-corrected chi connectivity index (χ1v) is 3.91. The standard InChI is InChI=1S/C10H12N2O/c1-3-13-7-8-4-9(11)6-10(5-8)12-2/h1,4-6,12H,7,11H2,2H3. The highest BCUT2D eigenvalue weighted by Crippen LogP contribution is 2.16. The first-order valence-electron chi connectivity index (χ1n) is 3.91. The van der Waals surface area contributed by atoms with Crippen LogP contribution in [0.4, 0.5) is 11.4 Å². The maximum atomic E-state index is 5.66. The van der Waals surface area contributed by atoms with Gasteiger partial charge in [-0.25, -0.2) is 0 Å². The van der Waals surface area contributed by atoms with Crippen LogP contribution in [0, 0.1) is 12.5 Å². The van der Waals surface area contributed by atoms with Gasteiger partial charge < -0.3 is 15.8 Å². The Balaban J connectivity index is 2.83. The molecule has 0 heterocycles. The quantitative estimate of drug-likeness (QED) is 0.541. The van der Waals surface area contributed by atoms with Gasteiger partial charge in [-0.2, -0.15) is 0 Å². The Hall–Kier alpha value is -1.82. The Labute approximate surface area is 77.9 Å². The van der Waals surface area contributed by atoms with Gasteiger partial charge in [0.1, 0.15) is 12.7 Å². The largest absolute Gasteiger partial charge is 0.442 e. The predicted octanol–water partition coefficient (Wildman–Crippen LogP) is 1.42. The molecule has 0 aromatic heterocycles. The van der Waals surface area contributed by atoms with Gasteiger partial charge >= 0.3 is 0 Å². The van der Waals surface area contributed by atoms with Crippen molar-refractivity contribution in [2.45, 2.75) is 6.61 Å². The van der Waals surface area contributed by atoms with Crippen molar-refractivity contribution >= 4 is 11.4 Å². The minimum absolute atomic E-state index is 0.385. The fourth-order valence-corrected chi connectivity index (χ4v) is 1.07. The number of benzene rings is 1. The molecule has 0 atom stereocenters. The van der Waals surface area contributed by atoms with Crippen molar-refractivity contribution in [2.75, 3.05) is 18.1 Å². The number of ether oxygens (including phenoxy) is 1. The number of anilines is 2. The Kier molecular flexibility index (Phi) is 3.04. The number of rotatable bonds is 3. The van der Waals surface area contributed by atoms with Crippen molar-refractivity contribution in [1.82, 2.24) is 0 Å². The minimum Gasteiger partial charge on any atom is -0.442 e. The van der Waals surface area contributed by atoms with Crippen molar-refractivity contribution in [3.05, 3.63) is 23.8 Å². The number of hydrogen-bond acceptors (Lipinski definition) is 3. The van der Waals surface area contributed by atoms with Crippen LogP contribution in [0.3, 0.4) is 0 Å². The Bertz CT molecular complexity index is 328. The molecule has 0 aliphatic carbocycles. The van der Waals surface area contributed by atoms with Crippen LogP contribution in [-0.4, -0.2) is 7.05 Å². The van der Waals surface area contributed by atoms with E-state index in [2.05, 4.69) is 11.4 Å². The Morgan fingerprint density at radius 2 is 2.31 bits per heavy atom. The molecule has 0 unspecified atom stereocenters. The molecule has 1 rings (SSSR count). The molecule has 0 spiro atoms. The maximum absolute atomic E-state index is 5.66. The summed E-state index contributed by atoms with van der Waals surface area (Å²) < 4.78 is 4.82. The van der Waals surface area contributed by atoms with Crippen LogP contribution >= 0.6 is 0 Å². The van der Waals surface area contributed by atoms with Crippen LogP contribution in [-0.2, 0) is 11.3 Å². The normalized spacial score (nSPS) is 8.92. The summed E-state index contributed by atoms with van der Waals surface area (Å²) in [5, 5.41) is 3.00. The second-order valence-electron chi connectivity index (χ2n) is 2.62. The van der Waals surface area contributed by atoms with Gasteiger partial charge in [-0.1, -0.05) is 6.42 Å². The third-order valence-corrected chi connectivity index (χ3v) is 1.63. The van der Waals surface area contributed by atoms with Gasteiger partial charge in [0.05, 0.1) is 0 Å². The van der Waals surface area contributed by atoms with E-state index < -0.39 is 0 Å². The zero-order valence-corrected chi connectivity index (χ0v) is 7.50. The van der Waals surface area contributed by atoms with Gasteiger partial charge in [-0.3, -0.25) is 0 Å². The number of terminal acetylenes is 1. The smallest absolute Gasteiger partial charge is 0.125 e. The van der Waals surface area contributed by atoms with Crippen molar-refractivity contribution in [2.24, 2.45) is 0 Å². The van der Waals surface area contributed by atoms with E-state index in [1.807, 2.05) is 25.2 Å². The summed E-state index contributed by atoms with van der Waals surface area (Å²) in [7, 11) is 1.83. The first-order chi connectivity index (χ1) is 6.26. The first kappa shape index (κ1) is 9.27. The molecule has 0 amide bonds. The summed E-state index contributed by atoms with van der Waals surface area (Å²) in [6, 6.07) is 5.62. The molecule has 0 aliphatic heterocycles. The van der Waals surface area contributed by atoms with Gasteiger partial charge in [0.15, 0.2) is 0 Å². The molecule has 0 radical (unpaired) electrons. The van der Waals surface area contributed by atoms with E-state index in [0.29, 0.717) is 12.3 Å². The fourth-order valence-electron chi connectivity index (χ4n) is 1.07. The van der Waals surface area contributed by atoms with Gasteiger partial charge in [0.25, 0.3) is 0 Å². The molecular formula is C10H12N2O. The molecule has 0 saturated carbocycles. The molecule has 68 valence electrons. The summed E-state index contributed by atoms with van der Waals surface area (Å²) in [4.78, 5) is 0. The molecule has 1 aromatic carbocycles. The average Bonchev–Trinajstić information content (AvgIpc) is 2.14. The van der Waals surface area contributed by atoms with Crippen LogP contribution < -0.4 is 11.1 Å². The molecule has 3 N–H and O–H groups in total. The van der Waals surface area contributed by atoms with E-state index in [4.69, 9.17) is 16.9 Å². The monoisotopic (exact) mass is 176 g/mol. The summed E-state index contributed by atoms with van der Waals surface area (Å²) >= 11 is 0. The number of nitrogens with two attached hydrogens (primary N) is 1. The van der Waals surface area contributed by atoms with Gasteiger partial charge in [0.2, 0.25) is 0 Å². The third kappa shape index (κ3) is 2.60. The zero-order chi connectivity index (χ0) is 9.68. The highest BCUT2D eigenvalue weighted by Gasteiger charge is 1.97. The lowest BCUT2D eigenvalue weighted by atomic mass is 10.2. The van der Waals surface area contributed by atoms with E-state index in [1.54, 1.807) is 0 Å². The van der Waals surface area contributed by atoms with Crippen LogP contribution in [0.1, 0.15) is 5.56 Å². The molecule has 0 bridgehead atoms. The summed E-state index contributed by atoms with van der Waals surface area (Å²) in [6.45, 7) is 0.385. The molecule has 0 aliphatic rings. The maximum Gasteiger partial charge on any atom is 0.125 e. The van der Waals surface area contributed by atoms with Crippen molar-refractivity contribution < 1.29 is 4.74 Å². The summed E-state index contributed by atoms with van der Waals surface area (Å²) in [5.41, 5.74) is 8.27. The lowest BCUT2D eigenvalue weighted by molar-refractivity contribution is 0.265. The molecule has 0 saturated heterocycles. The minimum atomic E-state index is 0.385. The SMILES string of the molecule is C#COCc1cc(N)cc(NC)c1. The number of nitrogen functional groups attached to an aromatic ring is 1. The average molecular weight is 176 g/mol. The lowest BCUT2D eigenvalue weighted by Gasteiger charge is -2.05. The van der Waals surface area contributed by atoms with Crippen molar-refractivity contribution in [3.8, 4) is 12.5 Å². The van der Waals surface area contributed by atoms with Crippen LogP contribution in [0.25, 0.3) is 0 Å². The lowest BCUT2D eigenvalue weighted by Crippen LogP contribution is -1.95. The number of hydrogen-bond donors (Lipinski definition) is 2. The van der Waals surface area contributed by atoms with E-state index >= 15 is 0 Å². The van der Waals surface area contributed by atoms with E-state index in [9.17, 15) is 0 Å². The number of nitrogens with one attached hydrogen (secondary N) is 1. The van der Waals surface area contributed by atoms with Gasteiger partial charge in [-0.15, -0.1) is 0 Å². The van der Waals surface area contributed by atoms with E-state index in [0.717, 1.165) is 11.3 Å². The fraction of sp³-hybridized carbons (Fsp3) is 0.200. The van der Waals surface area contributed by atoms with Gasteiger partial charge in [-0.05, 0) is 23.8 Å². The second kappa shape index (κ2) is 4.27.